The fourth-order valence-electron chi connectivity index (χ4n) is 3.59. The molecule has 30 heavy (non-hydrogen) atoms. The number of piperidine rings is 1. The minimum Gasteiger partial charge on any atom is -0.384 e. The number of nitrogens with zero attached hydrogens (tertiary/aromatic N) is 3. The fraction of sp³-hybridized carbons (Fsp3) is 0.227. The van der Waals surface area contributed by atoms with E-state index in [2.05, 4.69) is 4.98 Å². The van der Waals surface area contributed by atoms with Gasteiger partial charge in [0, 0.05) is 41.3 Å². The number of likely N-dealkylation sites (tertiary alicyclic amines) is 1. The van der Waals surface area contributed by atoms with Crippen LogP contribution >= 0.6 is 11.3 Å². The Bertz CT molecular complexity index is 1140. The molecule has 1 aliphatic rings. The summed E-state index contributed by atoms with van der Waals surface area (Å²) in [7, 11) is 0. The van der Waals surface area contributed by atoms with Crippen LogP contribution in [0.25, 0.3) is 21.6 Å². The van der Waals surface area contributed by atoms with Crippen LogP contribution in [0, 0.1) is 17.1 Å². The van der Waals surface area contributed by atoms with Crippen molar-refractivity contribution in [1.29, 1.82) is 5.26 Å². The minimum absolute atomic E-state index is 0.0180. The van der Waals surface area contributed by atoms with E-state index in [1.165, 1.54) is 23.5 Å². The molecule has 1 atom stereocenters. The van der Waals surface area contributed by atoms with E-state index >= 15 is 0 Å². The van der Waals surface area contributed by atoms with E-state index < -0.39 is 5.82 Å². The highest BCUT2D eigenvalue weighted by atomic mass is 32.1. The van der Waals surface area contributed by atoms with Crippen LogP contribution in [0.4, 0.5) is 10.2 Å². The standard InChI is InChI=1S/C22H20FN5OS/c23-18-8-13(3-4-14(18)10-24)17-9-19(22(29)28-7-1-2-16(25)12-28)30-21(17)15-5-6-20(26)27-11-15/h3-6,8-9,11,16H,1-2,7,12,25H2,(H2,26,27)/t16-/m1/s1. The topological polar surface area (TPSA) is 109 Å². The second-order valence-corrected chi connectivity index (χ2v) is 8.34. The number of benzene rings is 1. The number of rotatable bonds is 3. The lowest BCUT2D eigenvalue weighted by molar-refractivity contribution is 0.0714. The Labute approximate surface area is 177 Å². The van der Waals surface area contributed by atoms with Crippen LogP contribution in [0.15, 0.2) is 42.6 Å². The van der Waals surface area contributed by atoms with Gasteiger partial charge in [-0.1, -0.05) is 6.07 Å². The third kappa shape index (κ3) is 3.90. The Hall–Kier alpha value is -3.28. The Kier molecular flexibility index (Phi) is 5.48. The van der Waals surface area contributed by atoms with Gasteiger partial charge in [0.15, 0.2) is 0 Å². The molecular formula is C22H20FN5OS. The molecule has 1 saturated heterocycles. The Morgan fingerprint density at radius 2 is 2.07 bits per heavy atom. The molecule has 0 radical (unpaired) electrons. The molecule has 0 saturated carbocycles. The molecule has 2 aromatic heterocycles. The summed E-state index contributed by atoms with van der Waals surface area (Å²) >= 11 is 1.33. The number of pyridine rings is 1. The van der Waals surface area contributed by atoms with E-state index in [0.29, 0.717) is 34.9 Å². The van der Waals surface area contributed by atoms with Crippen molar-refractivity contribution < 1.29 is 9.18 Å². The average molecular weight is 422 g/mol. The SMILES string of the molecule is N#Cc1ccc(-c2cc(C(=O)N3CCC[C@@H](N)C3)sc2-c2ccc(N)nc2)cc1F. The van der Waals surface area contributed by atoms with Crippen LogP contribution in [0.1, 0.15) is 28.1 Å². The number of thiophene rings is 1. The minimum atomic E-state index is -0.600. The smallest absolute Gasteiger partial charge is 0.264 e. The van der Waals surface area contributed by atoms with Gasteiger partial charge < -0.3 is 16.4 Å². The summed E-state index contributed by atoms with van der Waals surface area (Å²) in [5.41, 5.74) is 13.8. The third-order valence-electron chi connectivity index (χ3n) is 5.14. The molecule has 1 aromatic carbocycles. The van der Waals surface area contributed by atoms with Crippen LogP contribution in [-0.2, 0) is 0 Å². The maximum Gasteiger partial charge on any atom is 0.264 e. The highest BCUT2D eigenvalue weighted by molar-refractivity contribution is 7.18. The van der Waals surface area contributed by atoms with Crippen LogP contribution < -0.4 is 11.5 Å². The number of anilines is 1. The van der Waals surface area contributed by atoms with Crippen molar-refractivity contribution in [1.82, 2.24) is 9.88 Å². The summed E-state index contributed by atoms with van der Waals surface area (Å²) < 4.78 is 14.3. The van der Waals surface area contributed by atoms with E-state index in [1.54, 1.807) is 29.3 Å². The number of hydrogen-bond donors (Lipinski definition) is 2. The second kappa shape index (κ2) is 8.22. The summed E-state index contributed by atoms with van der Waals surface area (Å²) in [4.78, 5) is 20.4. The average Bonchev–Trinajstić information content (AvgIpc) is 3.19. The number of hydrogen-bond acceptors (Lipinski definition) is 6. The number of amides is 1. The van der Waals surface area contributed by atoms with Gasteiger partial charge in [-0.2, -0.15) is 5.26 Å². The molecule has 0 spiro atoms. The first kappa shape index (κ1) is 20.0. The van der Waals surface area contributed by atoms with Gasteiger partial charge >= 0.3 is 0 Å². The summed E-state index contributed by atoms with van der Waals surface area (Å²) in [5, 5.41) is 9.01. The molecule has 4 rings (SSSR count). The predicted molar refractivity (Wildman–Crippen MR) is 115 cm³/mol. The Morgan fingerprint density at radius 3 is 2.73 bits per heavy atom. The lowest BCUT2D eigenvalue weighted by Crippen LogP contribution is -2.45. The number of nitriles is 1. The van der Waals surface area contributed by atoms with Crippen LogP contribution in [-0.4, -0.2) is 34.9 Å². The molecule has 1 amide bonds. The van der Waals surface area contributed by atoms with Gasteiger partial charge in [0.25, 0.3) is 5.91 Å². The van der Waals surface area contributed by atoms with E-state index in [0.717, 1.165) is 23.3 Å². The van der Waals surface area contributed by atoms with Crippen molar-refractivity contribution in [3.63, 3.8) is 0 Å². The lowest BCUT2D eigenvalue weighted by Gasteiger charge is -2.30. The first-order valence-corrected chi connectivity index (χ1v) is 10.4. The van der Waals surface area contributed by atoms with E-state index in [-0.39, 0.29) is 17.5 Å². The van der Waals surface area contributed by atoms with Crippen LogP contribution in [0.5, 0.6) is 0 Å². The van der Waals surface area contributed by atoms with Gasteiger partial charge in [0.05, 0.1) is 10.4 Å². The summed E-state index contributed by atoms with van der Waals surface area (Å²) in [6, 6.07) is 11.5. The van der Waals surface area contributed by atoms with E-state index in [9.17, 15) is 9.18 Å². The highest BCUT2D eigenvalue weighted by Gasteiger charge is 2.25. The number of carbonyl (C=O) groups excluding carboxylic acids is 1. The molecule has 6 nitrogen and oxygen atoms in total. The van der Waals surface area contributed by atoms with Crippen LogP contribution in [0.3, 0.4) is 0 Å². The molecule has 1 aliphatic heterocycles. The molecule has 0 unspecified atom stereocenters. The maximum absolute atomic E-state index is 14.3. The monoisotopic (exact) mass is 421 g/mol. The van der Waals surface area contributed by atoms with Gasteiger partial charge in [0.2, 0.25) is 0 Å². The summed E-state index contributed by atoms with van der Waals surface area (Å²) in [6.07, 6.45) is 3.42. The molecule has 3 aromatic rings. The lowest BCUT2D eigenvalue weighted by atomic mass is 10.0. The van der Waals surface area contributed by atoms with Gasteiger partial charge in [-0.15, -0.1) is 11.3 Å². The largest absolute Gasteiger partial charge is 0.384 e. The molecular weight excluding hydrogens is 401 g/mol. The molecule has 1 fully saturated rings. The first-order chi connectivity index (χ1) is 14.5. The van der Waals surface area contributed by atoms with E-state index in [4.69, 9.17) is 16.7 Å². The third-order valence-corrected chi connectivity index (χ3v) is 6.31. The van der Waals surface area contributed by atoms with Crippen molar-refractivity contribution >= 4 is 23.1 Å². The molecule has 152 valence electrons. The number of nitrogen functional groups attached to an aromatic ring is 1. The van der Waals surface area contributed by atoms with Gasteiger partial charge in [-0.3, -0.25) is 4.79 Å². The van der Waals surface area contributed by atoms with Crippen LogP contribution in [0.2, 0.25) is 0 Å². The second-order valence-electron chi connectivity index (χ2n) is 7.29. The van der Waals surface area contributed by atoms with Gasteiger partial charge in [0.1, 0.15) is 17.7 Å². The quantitative estimate of drug-likeness (QED) is 0.671. The van der Waals surface area contributed by atoms with Crippen molar-refractivity contribution in [3.8, 4) is 27.6 Å². The zero-order chi connectivity index (χ0) is 21.3. The zero-order valence-corrected chi connectivity index (χ0v) is 17.0. The number of carbonyl (C=O) groups is 1. The highest BCUT2D eigenvalue weighted by Crippen LogP contribution is 2.40. The maximum atomic E-state index is 14.3. The molecule has 3 heterocycles. The van der Waals surface area contributed by atoms with Crippen molar-refractivity contribution in [2.24, 2.45) is 5.73 Å². The number of aromatic nitrogens is 1. The first-order valence-electron chi connectivity index (χ1n) is 9.57. The molecule has 8 heteroatoms. The summed E-state index contributed by atoms with van der Waals surface area (Å²) in [6.45, 7) is 1.19. The normalized spacial score (nSPS) is 16.3. The van der Waals surface area contributed by atoms with Gasteiger partial charge in [-0.05, 0) is 48.7 Å². The summed E-state index contributed by atoms with van der Waals surface area (Å²) in [5.74, 6) is -0.294. The van der Waals surface area contributed by atoms with Gasteiger partial charge in [-0.25, -0.2) is 9.37 Å². The van der Waals surface area contributed by atoms with E-state index in [1.807, 2.05) is 12.1 Å². The van der Waals surface area contributed by atoms with Crippen molar-refractivity contribution in [2.45, 2.75) is 18.9 Å². The molecule has 4 N–H and O–H groups in total. The van der Waals surface area contributed by atoms with Crippen molar-refractivity contribution in [2.75, 3.05) is 18.8 Å². The fourth-order valence-corrected chi connectivity index (χ4v) is 4.73. The number of halogens is 1. The molecule has 0 aliphatic carbocycles. The Balaban J connectivity index is 1.79. The van der Waals surface area contributed by atoms with Crippen molar-refractivity contribution in [3.05, 3.63) is 58.9 Å². The Morgan fingerprint density at radius 1 is 1.27 bits per heavy atom. The molecule has 0 bridgehead atoms. The zero-order valence-electron chi connectivity index (χ0n) is 16.1. The predicted octanol–water partition coefficient (Wildman–Crippen LogP) is 3.63. The number of nitrogens with two attached hydrogens (primary N) is 2.